The molecule has 1 fully saturated rings. The highest BCUT2D eigenvalue weighted by Crippen LogP contribution is 2.23. The molecule has 0 unspecified atom stereocenters. The Bertz CT molecular complexity index is 634. The third-order valence-corrected chi connectivity index (χ3v) is 3.81. The summed E-state index contributed by atoms with van der Waals surface area (Å²) < 4.78 is 13.1. The number of hydrogen-bond acceptors (Lipinski definition) is 6. The number of rotatable bonds is 5. The molecule has 7 heteroatoms. The molecule has 1 saturated heterocycles. The molecule has 0 bridgehead atoms. The average Bonchev–Trinajstić information content (AvgIpc) is 2.90. The first kappa shape index (κ1) is 15.0. The minimum Gasteiger partial charge on any atom is -0.463 e. The Balaban J connectivity index is 1.83. The number of imidazole rings is 1. The van der Waals surface area contributed by atoms with Crippen LogP contribution in [0, 0.1) is 11.8 Å². The van der Waals surface area contributed by atoms with Crippen LogP contribution in [0.4, 0.5) is 5.82 Å². The van der Waals surface area contributed by atoms with Crippen LogP contribution in [0.25, 0.3) is 11.2 Å². The van der Waals surface area contributed by atoms with E-state index in [1.54, 1.807) is 6.33 Å². The number of aromatic nitrogens is 4. The predicted molar refractivity (Wildman–Crippen MR) is 83.6 cm³/mol. The maximum Gasteiger partial charge on any atom is 0.320 e. The number of nitrogens with two attached hydrogens (primary N) is 1. The zero-order valence-electron chi connectivity index (χ0n) is 13.2. The number of fused-ring (bicyclic) bond motifs is 1. The fourth-order valence-electron chi connectivity index (χ4n) is 2.59. The SMILES string of the molecule is CC(C)COc1nc(N)c2ncn(CC3CCOCC3)c2n1. The van der Waals surface area contributed by atoms with Crippen LogP contribution in [0.3, 0.4) is 0 Å². The van der Waals surface area contributed by atoms with E-state index in [9.17, 15) is 0 Å². The Morgan fingerprint density at radius 3 is 2.86 bits per heavy atom. The fourth-order valence-corrected chi connectivity index (χ4v) is 2.59. The van der Waals surface area contributed by atoms with E-state index in [0.717, 1.165) is 38.2 Å². The summed E-state index contributed by atoms with van der Waals surface area (Å²) in [7, 11) is 0. The van der Waals surface area contributed by atoms with Gasteiger partial charge in [-0.05, 0) is 24.7 Å². The van der Waals surface area contributed by atoms with Crippen molar-refractivity contribution >= 4 is 17.0 Å². The molecule has 1 aliphatic heterocycles. The van der Waals surface area contributed by atoms with E-state index in [0.29, 0.717) is 35.8 Å². The lowest BCUT2D eigenvalue weighted by molar-refractivity contribution is 0.0615. The summed E-state index contributed by atoms with van der Waals surface area (Å²) in [6, 6.07) is 0.326. The molecule has 3 heterocycles. The van der Waals surface area contributed by atoms with E-state index in [1.807, 2.05) is 4.57 Å². The molecule has 7 nitrogen and oxygen atoms in total. The van der Waals surface area contributed by atoms with E-state index < -0.39 is 0 Å². The predicted octanol–water partition coefficient (Wildman–Crippen LogP) is 1.87. The van der Waals surface area contributed by atoms with Crippen LogP contribution in [-0.4, -0.2) is 39.3 Å². The smallest absolute Gasteiger partial charge is 0.320 e. The van der Waals surface area contributed by atoms with E-state index in [-0.39, 0.29) is 0 Å². The molecule has 0 atom stereocenters. The Labute approximate surface area is 129 Å². The first-order valence-electron chi connectivity index (χ1n) is 7.82. The van der Waals surface area contributed by atoms with Gasteiger partial charge in [0.05, 0.1) is 12.9 Å². The molecule has 0 saturated carbocycles. The highest BCUT2D eigenvalue weighted by Gasteiger charge is 2.18. The molecular weight excluding hydrogens is 282 g/mol. The Morgan fingerprint density at radius 1 is 1.36 bits per heavy atom. The van der Waals surface area contributed by atoms with Gasteiger partial charge in [0.15, 0.2) is 17.0 Å². The lowest BCUT2D eigenvalue weighted by Crippen LogP contribution is -2.20. The van der Waals surface area contributed by atoms with Gasteiger partial charge in [-0.25, -0.2) is 4.98 Å². The van der Waals surface area contributed by atoms with Gasteiger partial charge in [0.2, 0.25) is 0 Å². The summed E-state index contributed by atoms with van der Waals surface area (Å²) in [5.41, 5.74) is 7.37. The lowest BCUT2D eigenvalue weighted by Gasteiger charge is -2.22. The van der Waals surface area contributed by atoms with Gasteiger partial charge in [0.1, 0.15) is 0 Å². The summed E-state index contributed by atoms with van der Waals surface area (Å²) in [6.07, 6.45) is 3.92. The van der Waals surface area contributed by atoms with Crippen molar-refractivity contribution in [2.45, 2.75) is 33.2 Å². The molecule has 0 radical (unpaired) electrons. The molecule has 3 rings (SSSR count). The number of hydrogen-bond donors (Lipinski definition) is 1. The third kappa shape index (κ3) is 3.30. The summed E-state index contributed by atoms with van der Waals surface area (Å²) in [6.45, 7) is 7.27. The molecule has 1 aliphatic rings. The number of ether oxygens (including phenoxy) is 2. The van der Waals surface area contributed by atoms with Crippen molar-refractivity contribution in [2.75, 3.05) is 25.6 Å². The quantitative estimate of drug-likeness (QED) is 0.907. The standard InChI is InChI=1S/C15H23N5O2/c1-10(2)8-22-15-18-13(16)12-14(19-15)20(9-17-12)7-11-3-5-21-6-4-11/h9-11H,3-8H2,1-2H3,(H2,16,18,19). The van der Waals surface area contributed by atoms with Crippen molar-refractivity contribution in [3.05, 3.63) is 6.33 Å². The molecule has 2 N–H and O–H groups in total. The van der Waals surface area contributed by atoms with E-state index in [1.165, 1.54) is 0 Å². The van der Waals surface area contributed by atoms with Crippen LogP contribution in [-0.2, 0) is 11.3 Å². The monoisotopic (exact) mass is 305 g/mol. The molecule has 0 amide bonds. The Morgan fingerprint density at radius 2 is 2.14 bits per heavy atom. The van der Waals surface area contributed by atoms with Crippen molar-refractivity contribution in [3.8, 4) is 6.01 Å². The van der Waals surface area contributed by atoms with E-state index in [2.05, 4.69) is 28.8 Å². The molecular formula is C15H23N5O2. The third-order valence-electron chi connectivity index (χ3n) is 3.81. The van der Waals surface area contributed by atoms with Crippen LogP contribution < -0.4 is 10.5 Å². The Kier molecular flexibility index (Phi) is 4.42. The summed E-state index contributed by atoms with van der Waals surface area (Å²) in [4.78, 5) is 13.0. The molecule has 0 spiro atoms. The highest BCUT2D eigenvalue weighted by atomic mass is 16.5. The summed E-state index contributed by atoms with van der Waals surface area (Å²) in [5, 5.41) is 0. The van der Waals surface area contributed by atoms with Crippen molar-refractivity contribution in [3.63, 3.8) is 0 Å². The molecule has 22 heavy (non-hydrogen) atoms. The van der Waals surface area contributed by atoms with Gasteiger partial charge in [-0.2, -0.15) is 9.97 Å². The van der Waals surface area contributed by atoms with Crippen LogP contribution in [0.1, 0.15) is 26.7 Å². The minimum absolute atomic E-state index is 0.326. The minimum atomic E-state index is 0.326. The Hall–Kier alpha value is -1.89. The summed E-state index contributed by atoms with van der Waals surface area (Å²) in [5.74, 6) is 1.37. The van der Waals surface area contributed by atoms with Crippen LogP contribution >= 0.6 is 0 Å². The van der Waals surface area contributed by atoms with Crippen molar-refractivity contribution in [1.82, 2.24) is 19.5 Å². The second kappa shape index (κ2) is 6.48. The molecule has 120 valence electrons. The van der Waals surface area contributed by atoms with Gasteiger partial charge in [0.25, 0.3) is 0 Å². The number of nitrogens with zero attached hydrogens (tertiary/aromatic N) is 4. The van der Waals surface area contributed by atoms with Gasteiger partial charge in [-0.3, -0.25) is 0 Å². The first-order valence-corrected chi connectivity index (χ1v) is 7.82. The number of anilines is 1. The van der Waals surface area contributed by atoms with Crippen molar-refractivity contribution < 1.29 is 9.47 Å². The van der Waals surface area contributed by atoms with Crippen LogP contribution in [0.2, 0.25) is 0 Å². The zero-order chi connectivity index (χ0) is 15.5. The van der Waals surface area contributed by atoms with Crippen LogP contribution in [0.5, 0.6) is 6.01 Å². The van der Waals surface area contributed by atoms with Gasteiger partial charge in [0, 0.05) is 19.8 Å². The lowest BCUT2D eigenvalue weighted by atomic mass is 10.0. The van der Waals surface area contributed by atoms with Gasteiger partial charge in [-0.15, -0.1) is 0 Å². The second-order valence-corrected chi connectivity index (χ2v) is 6.22. The first-order chi connectivity index (χ1) is 10.6. The van der Waals surface area contributed by atoms with Crippen molar-refractivity contribution in [1.29, 1.82) is 0 Å². The van der Waals surface area contributed by atoms with E-state index in [4.69, 9.17) is 15.2 Å². The number of nitrogen functional groups attached to an aromatic ring is 1. The largest absolute Gasteiger partial charge is 0.463 e. The molecule has 2 aromatic heterocycles. The molecule has 0 aromatic carbocycles. The van der Waals surface area contributed by atoms with Gasteiger partial charge < -0.3 is 19.8 Å². The molecule has 0 aliphatic carbocycles. The maximum atomic E-state index is 5.98. The average molecular weight is 305 g/mol. The van der Waals surface area contributed by atoms with Crippen molar-refractivity contribution in [2.24, 2.45) is 11.8 Å². The maximum absolute atomic E-state index is 5.98. The van der Waals surface area contributed by atoms with Crippen LogP contribution in [0.15, 0.2) is 6.33 Å². The zero-order valence-corrected chi connectivity index (χ0v) is 13.2. The second-order valence-electron chi connectivity index (χ2n) is 6.22. The van der Waals surface area contributed by atoms with E-state index >= 15 is 0 Å². The van der Waals surface area contributed by atoms with Gasteiger partial charge in [-0.1, -0.05) is 13.8 Å². The normalized spacial score (nSPS) is 16.5. The fraction of sp³-hybridized carbons (Fsp3) is 0.667. The summed E-state index contributed by atoms with van der Waals surface area (Å²) >= 11 is 0. The highest BCUT2D eigenvalue weighted by molar-refractivity contribution is 5.81. The van der Waals surface area contributed by atoms with Gasteiger partial charge >= 0.3 is 6.01 Å². The topological polar surface area (TPSA) is 88.1 Å². The molecule has 2 aromatic rings.